The molecule has 0 aliphatic rings. The van der Waals surface area contributed by atoms with Crippen molar-refractivity contribution in [2.24, 2.45) is 0 Å². The van der Waals surface area contributed by atoms with Crippen LogP contribution in [-0.4, -0.2) is 18.2 Å². The first kappa shape index (κ1) is 21.7. The molecule has 0 unspecified atom stereocenters. The van der Waals surface area contributed by atoms with Crippen molar-refractivity contribution in [3.05, 3.63) is 87.2 Å². The van der Waals surface area contributed by atoms with Crippen LogP contribution in [0.2, 0.25) is 10.0 Å². The lowest BCUT2D eigenvalue weighted by molar-refractivity contribution is 0.0697. The molecule has 0 saturated heterocycles. The van der Waals surface area contributed by atoms with Crippen LogP contribution in [0.1, 0.15) is 21.5 Å². The molecule has 0 radical (unpaired) electrons. The molecule has 3 rings (SSSR count). The Morgan fingerprint density at radius 1 is 1.03 bits per heavy atom. The van der Waals surface area contributed by atoms with E-state index < -0.39 is 5.97 Å². The summed E-state index contributed by atoms with van der Waals surface area (Å²) in [7, 11) is 1.50. The van der Waals surface area contributed by atoms with Gasteiger partial charge in [-0.2, -0.15) is 0 Å². The van der Waals surface area contributed by atoms with Crippen molar-refractivity contribution >= 4 is 34.9 Å². The second kappa shape index (κ2) is 9.69. The number of carboxylic acids is 1. The van der Waals surface area contributed by atoms with Crippen LogP contribution in [-0.2, 0) is 13.2 Å². The Morgan fingerprint density at radius 3 is 2.43 bits per heavy atom. The molecule has 0 atom stereocenters. The summed E-state index contributed by atoms with van der Waals surface area (Å²) in [5.41, 5.74) is 2.18. The average molecular weight is 450 g/mol. The standard InChI is InChI=1S/C22H18Cl2FNO4/c1-29-20-9-14(11-26-19-10-15(22(27)28)4-7-17(19)23)8-18(24)21(20)30-12-13-2-5-16(25)6-3-13/h2-10,26H,11-12H2,1H3,(H,27,28). The predicted octanol–water partition coefficient (Wildman–Crippen LogP) is 6.03. The molecule has 0 amide bonds. The monoisotopic (exact) mass is 449 g/mol. The Balaban J connectivity index is 1.74. The Labute approximate surface area is 183 Å². The molecule has 0 fully saturated rings. The summed E-state index contributed by atoms with van der Waals surface area (Å²) in [6.07, 6.45) is 0. The third kappa shape index (κ3) is 5.34. The number of halogens is 3. The molecule has 0 saturated carbocycles. The van der Waals surface area contributed by atoms with E-state index in [9.17, 15) is 9.18 Å². The highest BCUT2D eigenvalue weighted by Gasteiger charge is 2.13. The Kier molecular flexibility index (Phi) is 7.03. The molecule has 0 aliphatic heterocycles. The van der Waals surface area contributed by atoms with Crippen molar-refractivity contribution in [2.75, 3.05) is 12.4 Å². The summed E-state index contributed by atoms with van der Waals surface area (Å²) in [5, 5.41) is 13.0. The number of nitrogens with one attached hydrogen (secondary N) is 1. The molecular weight excluding hydrogens is 432 g/mol. The topological polar surface area (TPSA) is 67.8 Å². The van der Waals surface area contributed by atoms with Gasteiger partial charge in [-0.05, 0) is 53.6 Å². The van der Waals surface area contributed by atoms with E-state index in [0.29, 0.717) is 33.8 Å². The lowest BCUT2D eigenvalue weighted by Crippen LogP contribution is -2.04. The maximum Gasteiger partial charge on any atom is 0.335 e. The SMILES string of the molecule is COc1cc(CNc2cc(C(=O)O)ccc2Cl)cc(Cl)c1OCc1ccc(F)cc1. The van der Waals surface area contributed by atoms with Crippen LogP contribution in [0, 0.1) is 5.82 Å². The van der Waals surface area contributed by atoms with Gasteiger partial charge in [0.05, 0.1) is 28.4 Å². The first-order chi connectivity index (χ1) is 14.4. The molecule has 2 N–H and O–H groups in total. The summed E-state index contributed by atoms with van der Waals surface area (Å²) in [5.74, 6) is -0.549. The molecule has 30 heavy (non-hydrogen) atoms. The Bertz CT molecular complexity index is 1060. The Hall–Kier alpha value is -2.96. The van der Waals surface area contributed by atoms with E-state index in [1.807, 2.05) is 0 Å². The molecule has 0 aromatic heterocycles. The number of methoxy groups -OCH3 is 1. The van der Waals surface area contributed by atoms with E-state index >= 15 is 0 Å². The summed E-state index contributed by atoms with van der Waals surface area (Å²) >= 11 is 12.5. The minimum atomic E-state index is -1.04. The van der Waals surface area contributed by atoms with Crippen molar-refractivity contribution in [3.8, 4) is 11.5 Å². The van der Waals surface area contributed by atoms with Gasteiger partial charge in [-0.3, -0.25) is 0 Å². The summed E-state index contributed by atoms with van der Waals surface area (Å²) < 4.78 is 24.2. The van der Waals surface area contributed by atoms with Crippen molar-refractivity contribution < 1.29 is 23.8 Å². The van der Waals surface area contributed by atoms with E-state index in [0.717, 1.165) is 11.1 Å². The quantitative estimate of drug-likeness (QED) is 0.439. The second-order valence-electron chi connectivity index (χ2n) is 6.38. The van der Waals surface area contributed by atoms with Crippen LogP contribution in [0.5, 0.6) is 11.5 Å². The summed E-state index contributed by atoms with van der Waals surface area (Å²) in [6.45, 7) is 0.530. The highest BCUT2D eigenvalue weighted by molar-refractivity contribution is 6.33. The number of anilines is 1. The number of aromatic carboxylic acids is 1. The molecule has 8 heteroatoms. The lowest BCUT2D eigenvalue weighted by atomic mass is 10.1. The molecule has 0 bridgehead atoms. The molecule has 3 aromatic carbocycles. The first-order valence-electron chi connectivity index (χ1n) is 8.87. The number of hydrogen-bond donors (Lipinski definition) is 2. The van der Waals surface area contributed by atoms with Gasteiger partial charge in [-0.15, -0.1) is 0 Å². The molecule has 0 aliphatic carbocycles. The van der Waals surface area contributed by atoms with E-state index in [1.54, 1.807) is 24.3 Å². The fourth-order valence-electron chi connectivity index (χ4n) is 2.74. The van der Waals surface area contributed by atoms with Crippen LogP contribution < -0.4 is 14.8 Å². The second-order valence-corrected chi connectivity index (χ2v) is 7.19. The number of carboxylic acid groups (broad SMARTS) is 1. The summed E-state index contributed by atoms with van der Waals surface area (Å²) in [6, 6.07) is 13.9. The van der Waals surface area contributed by atoms with Crippen molar-refractivity contribution in [2.45, 2.75) is 13.2 Å². The van der Waals surface area contributed by atoms with Crippen LogP contribution in [0.15, 0.2) is 54.6 Å². The molecule has 156 valence electrons. The summed E-state index contributed by atoms with van der Waals surface area (Å²) in [4.78, 5) is 11.1. The van der Waals surface area contributed by atoms with Gasteiger partial charge < -0.3 is 19.9 Å². The first-order valence-corrected chi connectivity index (χ1v) is 9.63. The van der Waals surface area contributed by atoms with Gasteiger partial charge in [0, 0.05) is 6.54 Å². The minimum absolute atomic E-state index is 0.127. The molecule has 3 aromatic rings. The maximum atomic E-state index is 13.0. The molecular formula is C22H18Cl2FNO4. The fraction of sp³-hybridized carbons (Fsp3) is 0.136. The number of benzene rings is 3. The zero-order chi connectivity index (χ0) is 21.7. The average Bonchev–Trinajstić information content (AvgIpc) is 2.73. The third-order valence-corrected chi connectivity index (χ3v) is 4.89. The van der Waals surface area contributed by atoms with E-state index in [4.69, 9.17) is 37.8 Å². The zero-order valence-corrected chi connectivity index (χ0v) is 17.4. The van der Waals surface area contributed by atoms with Crippen LogP contribution in [0.4, 0.5) is 10.1 Å². The van der Waals surface area contributed by atoms with Gasteiger partial charge in [0.25, 0.3) is 0 Å². The minimum Gasteiger partial charge on any atom is -0.493 e. The van der Waals surface area contributed by atoms with Gasteiger partial charge in [0.15, 0.2) is 11.5 Å². The van der Waals surface area contributed by atoms with Gasteiger partial charge in [-0.25, -0.2) is 9.18 Å². The highest BCUT2D eigenvalue weighted by Crippen LogP contribution is 2.37. The number of hydrogen-bond acceptors (Lipinski definition) is 4. The molecule has 0 heterocycles. The van der Waals surface area contributed by atoms with Gasteiger partial charge in [0.2, 0.25) is 0 Å². The number of ether oxygens (including phenoxy) is 2. The van der Waals surface area contributed by atoms with Gasteiger partial charge in [-0.1, -0.05) is 35.3 Å². The third-order valence-electron chi connectivity index (χ3n) is 4.28. The molecule has 0 spiro atoms. The predicted molar refractivity (Wildman–Crippen MR) is 114 cm³/mol. The maximum absolute atomic E-state index is 13.0. The highest BCUT2D eigenvalue weighted by atomic mass is 35.5. The number of carbonyl (C=O) groups is 1. The zero-order valence-electron chi connectivity index (χ0n) is 15.9. The van der Waals surface area contributed by atoms with Gasteiger partial charge in [0.1, 0.15) is 12.4 Å². The number of rotatable bonds is 8. The smallest absolute Gasteiger partial charge is 0.335 e. The largest absolute Gasteiger partial charge is 0.493 e. The van der Waals surface area contributed by atoms with Crippen molar-refractivity contribution in [1.82, 2.24) is 0 Å². The van der Waals surface area contributed by atoms with E-state index in [2.05, 4.69) is 5.32 Å². The normalized spacial score (nSPS) is 10.5. The van der Waals surface area contributed by atoms with Gasteiger partial charge >= 0.3 is 5.97 Å². The molecule has 5 nitrogen and oxygen atoms in total. The Morgan fingerprint density at radius 2 is 1.77 bits per heavy atom. The fourth-order valence-corrected chi connectivity index (χ4v) is 3.21. The lowest BCUT2D eigenvalue weighted by Gasteiger charge is -2.15. The van der Waals surface area contributed by atoms with Crippen LogP contribution in [0.25, 0.3) is 0 Å². The van der Waals surface area contributed by atoms with Crippen molar-refractivity contribution in [1.29, 1.82) is 0 Å². The van der Waals surface area contributed by atoms with Crippen molar-refractivity contribution in [3.63, 3.8) is 0 Å². The van der Waals surface area contributed by atoms with Crippen LogP contribution in [0.3, 0.4) is 0 Å². The van der Waals surface area contributed by atoms with E-state index in [-0.39, 0.29) is 18.0 Å². The van der Waals surface area contributed by atoms with Crippen LogP contribution >= 0.6 is 23.2 Å². The van der Waals surface area contributed by atoms with E-state index in [1.165, 1.54) is 37.4 Å².